The fourth-order valence-corrected chi connectivity index (χ4v) is 3.79. The number of rotatable bonds is 3. The maximum absolute atomic E-state index is 14.1. The number of alkyl halides is 3. The zero-order valence-corrected chi connectivity index (χ0v) is 16.7. The van der Waals surface area contributed by atoms with Crippen molar-refractivity contribution in [2.24, 2.45) is 0 Å². The summed E-state index contributed by atoms with van der Waals surface area (Å²) in [5.41, 5.74) is 1.64. The Morgan fingerprint density at radius 1 is 0.966 bits per heavy atom. The highest BCUT2D eigenvalue weighted by molar-refractivity contribution is 9.10. The molecule has 0 amide bonds. The molecule has 4 aromatic rings. The summed E-state index contributed by atoms with van der Waals surface area (Å²) in [5.74, 6) is 0.0592. The van der Waals surface area contributed by atoms with Crippen molar-refractivity contribution in [2.75, 3.05) is 0 Å². The number of nitrogens with zero attached hydrogens (tertiary/aromatic N) is 3. The molecule has 0 spiro atoms. The molecule has 0 aliphatic heterocycles. The Kier molecular flexibility index (Phi) is 4.24. The highest BCUT2D eigenvalue weighted by Gasteiger charge is 2.39. The SMILES string of the molecule is FC(F)(F)c1cc(-c2ccc(Br)cc2)nc2c1c(C1CC1)nn2-c1ccccc1. The Morgan fingerprint density at radius 3 is 2.28 bits per heavy atom. The predicted octanol–water partition coefficient (Wildman–Crippen LogP) is 6.75. The molecular formula is C22H15BrF3N3. The molecule has 29 heavy (non-hydrogen) atoms. The Balaban J connectivity index is 1.85. The van der Waals surface area contributed by atoms with E-state index in [-0.39, 0.29) is 22.6 Å². The molecule has 2 aromatic carbocycles. The summed E-state index contributed by atoms with van der Waals surface area (Å²) in [6.07, 6.45) is -2.79. The zero-order valence-electron chi connectivity index (χ0n) is 15.1. The summed E-state index contributed by atoms with van der Waals surface area (Å²) in [4.78, 5) is 4.64. The van der Waals surface area contributed by atoms with E-state index in [1.807, 2.05) is 30.3 Å². The summed E-state index contributed by atoms with van der Waals surface area (Å²) in [6.45, 7) is 0. The molecule has 0 atom stereocenters. The van der Waals surface area contributed by atoms with Crippen LogP contribution in [0.25, 0.3) is 28.0 Å². The van der Waals surface area contributed by atoms with Crippen molar-refractivity contribution in [3.8, 4) is 16.9 Å². The van der Waals surface area contributed by atoms with E-state index in [9.17, 15) is 13.2 Å². The van der Waals surface area contributed by atoms with E-state index in [2.05, 4.69) is 26.0 Å². The fourth-order valence-electron chi connectivity index (χ4n) is 3.53. The van der Waals surface area contributed by atoms with Gasteiger partial charge in [0.25, 0.3) is 0 Å². The summed E-state index contributed by atoms with van der Waals surface area (Å²) in [7, 11) is 0. The molecule has 7 heteroatoms. The first kappa shape index (κ1) is 18.4. The second kappa shape index (κ2) is 6.69. The average molecular weight is 458 g/mol. The molecular weight excluding hydrogens is 443 g/mol. The van der Waals surface area contributed by atoms with Crippen LogP contribution in [-0.4, -0.2) is 14.8 Å². The van der Waals surface area contributed by atoms with Crippen molar-refractivity contribution in [3.05, 3.63) is 76.4 Å². The van der Waals surface area contributed by atoms with E-state index in [1.54, 1.807) is 28.9 Å². The number of aromatic nitrogens is 3. The van der Waals surface area contributed by atoms with Crippen LogP contribution in [0.2, 0.25) is 0 Å². The lowest BCUT2D eigenvalue weighted by Gasteiger charge is -2.12. The van der Waals surface area contributed by atoms with Gasteiger partial charge in [0.05, 0.1) is 28.0 Å². The van der Waals surface area contributed by atoms with E-state index < -0.39 is 11.7 Å². The van der Waals surface area contributed by atoms with Crippen LogP contribution in [0.5, 0.6) is 0 Å². The lowest BCUT2D eigenvalue weighted by molar-refractivity contribution is -0.136. The van der Waals surface area contributed by atoms with Gasteiger partial charge < -0.3 is 0 Å². The topological polar surface area (TPSA) is 30.7 Å². The van der Waals surface area contributed by atoms with Crippen molar-refractivity contribution in [1.82, 2.24) is 14.8 Å². The normalized spacial score (nSPS) is 14.5. The van der Waals surface area contributed by atoms with Crippen LogP contribution in [0.1, 0.15) is 30.0 Å². The lowest BCUT2D eigenvalue weighted by atomic mass is 10.0. The minimum absolute atomic E-state index is 0.0592. The largest absolute Gasteiger partial charge is 0.417 e. The standard InChI is InChI=1S/C22H15BrF3N3/c23-15-10-8-13(9-11-15)18-12-17(22(24,25)26)19-20(14-6-7-14)28-29(21(19)27-18)16-4-2-1-3-5-16/h1-5,8-12,14H,6-7H2. The van der Waals surface area contributed by atoms with Gasteiger partial charge in [-0.15, -0.1) is 0 Å². The van der Waals surface area contributed by atoms with E-state index in [0.717, 1.165) is 23.4 Å². The molecule has 2 heterocycles. The number of para-hydroxylation sites is 1. The number of hydrogen-bond acceptors (Lipinski definition) is 2. The highest BCUT2D eigenvalue weighted by Crippen LogP contribution is 2.46. The fraction of sp³-hybridized carbons (Fsp3) is 0.182. The summed E-state index contributed by atoms with van der Waals surface area (Å²) >= 11 is 3.36. The van der Waals surface area contributed by atoms with Gasteiger partial charge in [-0.2, -0.15) is 18.3 Å². The molecule has 1 aliphatic rings. The van der Waals surface area contributed by atoms with Crippen LogP contribution in [0, 0.1) is 0 Å². The monoisotopic (exact) mass is 457 g/mol. The van der Waals surface area contributed by atoms with Gasteiger partial charge >= 0.3 is 6.18 Å². The van der Waals surface area contributed by atoms with Gasteiger partial charge in [-0.3, -0.25) is 0 Å². The van der Waals surface area contributed by atoms with Crippen LogP contribution in [-0.2, 0) is 6.18 Å². The third-order valence-electron chi connectivity index (χ3n) is 5.08. The van der Waals surface area contributed by atoms with Crippen molar-refractivity contribution in [1.29, 1.82) is 0 Å². The second-order valence-corrected chi connectivity index (χ2v) is 8.08. The first-order valence-electron chi connectivity index (χ1n) is 9.24. The minimum atomic E-state index is -4.50. The Hall–Kier alpha value is -2.67. The highest BCUT2D eigenvalue weighted by atomic mass is 79.9. The third kappa shape index (κ3) is 3.33. The van der Waals surface area contributed by atoms with Gasteiger partial charge in [-0.1, -0.05) is 46.3 Å². The van der Waals surface area contributed by atoms with Gasteiger partial charge in [0.2, 0.25) is 0 Å². The lowest BCUT2D eigenvalue weighted by Crippen LogP contribution is -2.08. The van der Waals surface area contributed by atoms with Crippen LogP contribution >= 0.6 is 15.9 Å². The van der Waals surface area contributed by atoms with E-state index >= 15 is 0 Å². The molecule has 1 aliphatic carbocycles. The summed E-state index contributed by atoms with van der Waals surface area (Å²) in [5, 5.41) is 4.71. The van der Waals surface area contributed by atoms with Crippen molar-refractivity contribution in [2.45, 2.75) is 24.9 Å². The Bertz CT molecular complexity index is 1190. The smallest absolute Gasteiger partial charge is 0.228 e. The van der Waals surface area contributed by atoms with Crippen molar-refractivity contribution < 1.29 is 13.2 Å². The van der Waals surface area contributed by atoms with Gasteiger partial charge in [0.1, 0.15) is 0 Å². The van der Waals surface area contributed by atoms with Crippen molar-refractivity contribution >= 4 is 27.0 Å². The predicted molar refractivity (Wildman–Crippen MR) is 109 cm³/mol. The minimum Gasteiger partial charge on any atom is -0.228 e. The third-order valence-corrected chi connectivity index (χ3v) is 5.60. The van der Waals surface area contributed by atoms with Crippen LogP contribution in [0.4, 0.5) is 13.2 Å². The number of benzene rings is 2. The summed E-state index contributed by atoms with van der Waals surface area (Å²) in [6, 6.07) is 17.4. The quantitative estimate of drug-likeness (QED) is 0.340. The van der Waals surface area contributed by atoms with E-state index in [1.165, 1.54) is 0 Å². The van der Waals surface area contributed by atoms with Crippen LogP contribution < -0.4 is 0 Å². The van der Waals surface area contributed by atoms with E-state index in [0.29, 0.717) is 16.9 Å². The molecule has 2 aromatic heterocycles. The average Bonchev–Trinajstić information content (AvgIpc) is 3.48. The van der Waals surface area contributed by atoms with E-state index in [4.69, 9.17) is 0 Å². The second-order valence-electron chi connectivity index (χ2n) is 7.17. The number of halogens is 4. The Labute approximate surface area is 173 Å². The first-order valence-corrected chi connectivity index (χ1v) is 10.0. The van der Waals surface area contributed by atoms with Crippen LogP contribution in [0.15, 0.2) is 65.1 Å². The maximum Gasteiger partial charge on any atom is 0.417 e. The molecule has 0 saturated heterocycles. The summed E-state index contributed by atoms with van der Waals surface area (Å²) < 4.78 is 44.6. The van der Waals surface area contributed by atoms with Crippen LogP contribution in [0.3, 0.4) is 0 Å². The molecule has 0 unspecified atom stereocenters. The zero-order chi connectivity index (χ0) is 20.2. The molecule has 5 rings (SSSR count). The van der Waals surface area contributed by atoms with Gasteiger partial charge in [-0.05, 0) is 43.2 Å². The molecule has 3 nitrogen and oxygen atoms in total. The molecule has 1 fully saturated rings. The Morgan fingerprint density at radius 2 is 1.66 bits per heavy atom. The number of hydrogen-bond donors (Lipinski definition) is 0. The molecule has 0 radical (unpaired) electrons. The number of fused-ring (bicyclic) bond motifs is 1. The van der Waals surface area contributed by atoms with Gasteiger partial charge in [0.15, 0.2) is 5.65 Å². The number of pyridine rings is 1. The van der Waals surface area contributed by atoms with Gasteiger partial charge in [-0.25, -0.2) is 9.67 Å². The van der Waals surface area contributed by atoms with Gasteiger partial charge in [0, 0.05) is 16.0 Å². The molecule has 0 bridgehead atoms. The first-order chi connectivity index (χ1) is 13.9. The molecule has 1 saturated carbocycles. The maximum atomic E-state index is 14.1. The molecule has 0 N–H and O–H groups in total. The van der Waals surface area contributed by atoms with Crippen molar-refractivity contribution in [3.63, 3.8) is 0 Å². The molecule has 146 valence electrons.